The van der Waals surface area contributed by atoms with Gasteiger partial charge in [0.05, 0.1) is 0 Å². The molecule has 0 aromatic heterocycles. The fourth-order valence-electron chi connectivity index (χ4n) is 2.07. The van der Waals surface area contributed by atoms with Crippen molar-refractivity contribution >= 4 is 23.4 Å². The molecule has 0 bridgehead atoms. The first kappa shape index (κ1) is 12.3. The largest absolute Gasteiger partial charge is 0.307 e. The second kappa shape index (κ2) is 5.95. The SMILES string of the molecule is C[C@@H](NC1CCCSC1)c1ccc(Cl)cc1. The molecule has 2 atom stereocenters. The van der Waals surface area contributed by atoms with Crippen LogP contribution in [0.3, 0.4) is 0 Å². The van der Waals surface area contributed by atoms with Crippen molar-refractivity contribution in [2.45, 2.75) is 31.8 Å². The lowest BCUT2D eigenvalue weighted by molar-refractivity contribution is 0.453. The molecule has 0 amide bonds. The van der Waals surface area contributed by atoms with Crippen LogP contribution >= 0.6 is 23.4 Å². The highest BCUT2D eigenvalue weighted by Crippen LogP contribution is 2.21. The lowest BCUT2D eigenvalue weighted by Crippen LogP contribution is -2.35. The summed E-state index contributed by atoms with van der Waals surface area (Å²) < 4.78 is 0. The van der Waals surface area contributed by atoms with Crippen molar-refractivity contribution in [1.29, 1.82) is 0 Å². The van der Waals surface area contributed by atoms with Crippen molar-refractivity contribution in [3.8, 4) is 0 Å². The molecule has 2 rings (SSSR count). The van der Waals surface area contributed by atoms with E-state index < -0.39 is 0 Å². The van der Waals surface area contributed by atoms with Crippen LogP contribution in [0, 0.1) is 0 Å². The molecular formula is C13H18ClNS. The van der Waals surface area contributed by atoms with Crippen LogP contribution in [-0.4, -0.2) is 17.5 Å². The molecule has 1 aliphatic heterocycles. The molecule has 1 aromatic rings. The third-order valence-electron chi connectivity index (χ3n) is 3.02. The second-order valence-electron chi connectivity index (χ2n) is 4.35. The van der Waals surface area contributed by atoms with E-state index in [4.69, 9.17) is 11.6 Å². The maximum absolute atomic E-state index is 5.88. The number of halogens is 1. The summed E-state index contributed by atoms with van der Waals surface area (Å²) in [4.78, 5) is 0. The second-order valence-corrected chi connectivity index (χ2v) is 5.94. The number of thioether (sulfide) groups is 1. The van der Waals surface area contributed by atoms with Gasteiger partial charge in [-0.15, -0.1) is 0 Å². The monoisotopic (exact) mass is 255 g/mol. The van der Waals surface area contributed by atoms with E-state index in [1.165, 1.54) is 29.9 Å². The number of nitrogens with one attached hydrogen (secondary N) is 1. The minimum atomic E-state index is 0.418. The standard InChI is InChI=1S/C13H18ClNS/c1-10(11-4-6-12(14)7-5-11)15-13-3-2-8-16-9-13/h4-7,10,13,15H,2-3,8-9H2,1H3/t10-,13?/m1/s1. The quantitative estimate of drug-likeness (QED) is 0.880. The first-order chi connectivity index (χ1) is 7.75. The molecular weight excluding hydrogens is 238 g/mol. The first-order valence-corrected chi connectivity index (χ1v) is 7.38. The molecule has 1 aromatic carbocycles. The third kappa shape index (κ3) is 3.41. The Kier molecular flexibility index (Phi) is 4.56. The van der Waals surface area contributed by atoms with E-state index in [9.17, 15) is 0 Å². The maximum Gasteiger partial charge on any atom is 0.0406 e. The van der Waals surface area contributed by atoms with Gasteiger partial charge < -0.3 is 5.32 Å². The van der Waals surface area contributed by atoms with Crippen LogP contribution < -0.4 is 5.32 Å². The summed E-state index contributed by atoms with van der Waals surface area (Å²) in [6.07, 6.45) is 2.65. The van der Waals surface area contributed by atoms with Crippen LogP contribution in [0.2, 0.25) is 5.02 Å². The van der Waals surface area contributed by atoms with E-state index >= 15 is 0 Å². The Balaban J connectivity index is 1.91. The molecule has 1 aliphatic rings. The van der Waals surface area contributed by atoms with E-state index in [-0.39, 0.29) is 0 Å². The Hall–Kier alpha value is -0.180. The number of hydrogen-bond donors (Lipinski definition) is 1. The summed E-state index contributed by atoms with van der Waals surface area (Å²) in [5, 5.41) is 4.50. The normalized spacial score (nSPS) is 23.0. The van der Waals surface area contributed by atoms with E-state index in [0.717, 1.165) is 5.02 Å². The van der Waals surface area contributed by atoms with E-state index in [1.807, 2.05) is 12.1 Å². The van der Waals surface area contributed by atoms with E-state index in [2.05, 4.69) is 36.1 Å². The lowest BCUT2D eigenvalue weighted by Gasteiger charge is -2.26. The van der Waals surface area contributed by atoms with Gasteiger partial charge in [0.2, 0.25) is 0 Å². The van der Waals surface area contributed by atoms with Crippen molar-refractivity contribution in [3.63, 3.8) is 0 Å². The van der Waals surface area contributed by atoms with Gasteiger partial charge in [-0.05, 0) is 43.2 Å². The Morgan fingerprint density at radius 3 is 2.75 bits per heavy atom. The van der Waals surface area contributed by atoms with Gasteiger partial charge >= 0.3 is 0 Å². The number of benzene rings is 1. The predicted octanol–water partition coefficient (Wildman–Crippen LogP) is 3.89. The highest BCUT2D eigenvalue weighted by Gasteiger charge is 2.16. The molecule has 1 N–H and O–H groups in total. The molecule has 0 spiro atoms. The molecule has 0 aliphatic carbocycles. The fourth-order valence-corrected chi connectivity index (χ4v) is 3.28. The van der Waals surface area contributed by atoms with Crippen LogP contribution in [-0.2, 0) is 0 Å². The van der Waals surface area contributed by atoms with Crippen LogP contribution in [0.5, 0.6) is 0 Å². The molecule has 1 unspecified atom stereocenters. The Morgan fingerprint density at radius 1 is 1.38 bits per heavy atom. The molecule has 88 valence electrons. The molecule has 3 heteroatoms. The summed E-state index contributed by atoms with van der Waals surface area (Å²) >= 11 is 7.94. The highest BCUT2D eigenvalue weighted by molar-refractivity contribution is 7.99. The van der Waals surface area contributed by atoms with Crippen LogP contribution in [0.25, 0.3) is 0 Å². The van der Waals surface area contributed by atoms with Gasteiger partial charge in [0.25, 0.3) is 0 Å². The lowest BCUT2D eigenvalue weighted by atomic mass is 10.1. The van der Waals surface area contributed by atoms with Gasteiger partial charge in [0.15, 0.2) is 0 Å². The fraction of sp³-hybridized carbons (Fsp3) is 0.538. The van der Waals surface area contributed by atoms with Gasteiger partial charge in [0.1, 0.15) is 0 Å². The van der Waals surface area contributed by atoms with Gasteiger partial charge in [-0.2, -0.15) is 11.8 Å². The average Bonchev–Trinajstić information content (AvgIpc) is 2.31. The minimum Gasteiger partial charge on any atom is -0.307 e. The average molecular weight is 256 g/mol. The Labute approximate surface area is 107 Å². The Bertz CT molecular complexity index is 319. The first-order valence-electron chi connectivity index (χ1n) is 5.85. The Morgan fingerprint density at radius 2 is 2.12 bits per heavy atom. The summed E-state index contributed by atoms with van der Waals surface area (Å²) in [6, 6.07) is 9.23. The van der Waals surface area contributed by atoms with Crippen molar-refractivity contribution in [2.75, 3.05) is 11.5 Å². The zero-order valence-corrected chi connectivity index (χ0v) is 11.2. The predicted molar refractivity (Wildman–Crippen MR) is 73.3 cm³/mol. The third-order valence-corrected chi connectivity index (χ3v) is 4.48. The number of hydrogen-bond acceptors (Lipinski definition) is 2. The van der Waals surface area contributed by atoms with Crippen LogP contribution in [0.4, 0.5) is 0 Å². The summed E-state index contributed by atoms with van der Waals surface area (Å²) in [6.45, 7) is 2.22. The van der Waals surface area contributed by atoms with Crippen molar-refractivity contribution in [1.82, 2.24) is 5.32 Å². The van der Waals surface area contributed by atoms with Gasteiger partial charge in [-0.1, -0.05) is 23.7 Å². The molecule has 1 fully saturated rings. The minimum absolute atomic E-state index is 0.418. The van der Waals surface area contributed by atoms with E-state index in [0.29, 0.717) is 12.1 Å². The van der Waals surface area contributed by atoms with Crippen molar-refractivity contribution in [2.24, 2.45) is 0 Å². The highest BCUT2D eigenvalue weighted by atomic mass is 35.5. The van der Waals surface area contributed by atoms with Gasteiger partial charge in [-0.25, -0.2) is 0 Å². The molecule has 0 radical (unpaired) electrons. The molecule has 1 nitrogen and oxygen atoms in total. The van der Waals surface area contributed by atoms with E-state index in [1.54, 1.807) is 0 Å². The molecule has 1 heterocycles. The summed E-state index contributed by atoms with van der Waals surface area (Å²) in [5.74, 6) is 2.57. The summed E-state index contributed by atoms with van der Waals surface area (Å²) in [5.41, 5.74) is 1.32. The van der Waals surface area contributed by atoms with Gasteiger partial charge in [-0.3, -0.25) is 0 Å². The van der Waals surface area contributed by atoms with Crippen LogP contribution in [0.15, 0.2) is 24.3 Å². The van der Waals surface area contributed by atoms with Crippen molar-refractivity contribution in [3.05, 3.63) is 34.9 Å². The smallest absolute Gasteiger partial charge is 0.0406 e. The van der Waals surface area contributed by atoms with Crippen molar-refractivity contribution < 1.29 is 0 Å². The molecule has 16 heavy (non-hydrogen) atoms. The zero-order valence-electron chi connectivity index (χ0n) is 9.58. The molecule has 1 saturated heterocycles. The number of rotatable bonds is 3. The summed E-state index contributed by atoms with van der Waals surface area (Å²) in [7, 11) is 0. The molecule has 0 saturated carbocycles. The maximum atomic E-state index is 5.88. The topological polar surface area (TPSA) is 12.0 Å². The van der Waals surface area contributed by atoms with Crippen LogP contribution in [0.1, 0.15) is 31.4 Å². The van der Waals surface area contributed by atoms with Gasteiger partial charge in [0, 0.05) is 22.9 Å². The zero-order chi connectivity index (χ0) is 11.4.